The first kappa shape index (κ1) is 14.7. The van der Waals surface area contributed by atoms with Gasteiger partial charge in [-0.15, -0.1) is 6.58 Å². The number of nitrogens with zero attached hydrogens (tertiary/aromatic N) is 1. The van der Waals surface area contributed by atoms with Crippen LogP contribution in [-0.4, -0.2) is 36.6 Å². The Bertz CT molecular complexity index is 223. The van der Waals surface area contributed by atoms with Crippen LogP contribution in [0.1, 0.15) is 40.5 Å². The highest BCUT2D eigenvalue weighted by Gasteiger charge is 2.35. The number of hydrogen-bond donors (Lipinski definition) is 1. The van der Waals surface area contributed by atoms with Gasteiger partial charge in [0.2, 0.25) is 0 Å². The van der Waals surface area contributed by atoms with Crippen LogP contribution in [0.5, 0.6) is 0 Å². The van der Waals surface area contributed by atoms with Crippen molar-refractivity contribution in [3.63, 3.8) is 0 Å². The predicted molar refractivity (Wildman–Crippen MR) is 76.3 cm³/mol. The number of rotatable bonds is 8. The summed E-state index contributed by atoms with van der Waals surface area (Å²) in [5.41, 5.74) is 0. The highest BCUT2D eigenvalue weighted by Crippen LogP contribution is 2.32. The Kier molecular flexibility index (Phi) is 6.21. The minimum absolute atomic E-state index is 0.630. The first-order valence-electron chi connectivity index (χ1n) is 7.13. The summed E-state index contributed by atoms with van der Waals surface area (Å²) in [4.78, 5) is 2.60. The van der Waals surface area contributed by atoms with E-state index in [0.29, 0.717) is 6.04 Å². The predicted octanol–water partition coefficient (Wildman–Crippen LogP) is 2.91. The minimum atomic E-state index is 0.630. The average molecular weight is 238 g/mol. The average Bonchev–Trinajstić information content (AvgIpc) is 2.21. The first-order valence-corrected chi connectivity index (χ1v) is 7.13. The molecular formula is C15H30N2. The second-order valence-corrected chi connectivity index (χ2v) is 6.04. The van der Waals surface area contributed by atoms with Crippen LogP contribution in [0.15, 0.2) is 12.7 Å². The van der Waals surface area contributed by atoms with Crippen molar-refractivity contribution in [2.45, 2.75) is 52.6 Å². The number of hydrogen-bond acceptors (Lipinski definition) is 2. The quantitative estimate of drug-likeness (QED) is 0.654. The molecule has 0 aromatic carbocycles. The molecule has 2 nitrogen and oxygen atoms in total. The molecule has 1 N–H and O–H groups in total. The highest BCUT2D eigenvalue weighted by atomic mass is 15.2. The van der Waals surface area contributed by atoms with E-state index in [1.807, 2.05) is 6.08 Å². The van der Waals surface area contributed by atoms with Crippen LogP contribution in [-0.2, 0) is 0 Å². The van der Waals surface area contributed by atoms with Gasteiger partial charge in [-0.25, -0.2) is 0 Å². The zero-order chi connectivity index (χ0) is 12.8. The van der Waals surface area contributed by atoms with Crippen LogP contribution in [0.3, 0.4) is 0 Å². The molecule has 2 atom stereocenters. The maximum absolute atomic E-state index is 3.88. The molecule has 0 amide bonds. The summed E-state index contributed by atoms with van der Waals surface area (Å²) in [5.74, 6) is 1.60. The van der Waals surface area contributed by atoms with E-state index in [4.69, 9.17) is 0 Å². The normalized spacial score (nSPS) is 24.4. The number of nitrogens with one attached hydrogen (secondary N) is 1. The van der Waals surface area contributed by atoms with E-state index in [-0.39, 0.29) is 0 Å². The summed E-state index contributed by atoms with van der Waals surface area (Å²) in [6, 6.07) is 1.40. The van der Waals surface area contributed by atoms with Crippen molar-refractivity contribution in [2.24, 2.45) is 11.8 Å². The maximum atomic E-state index is 3.88. The second-order valence-electron chi connectivity index (χ2n) is 6.04. The molecule has 0 aromatic rings. The maximum Gasteiger partial charge on any atom is 0.0166 e. The van der Waals surface area contributed by atoms with E-state index in [0.717, 1.165) is 31.0 Å². The monoisotopic (exact) mass is 238 g/mol. The molecule has 1 aliphatic rings. The largest absolute Gasteiger partial charge is 0.316 e. The third-order valence-electron chi connectivity index (χ3n) is 3.77. The van der Waals surface area contributed by atoms with Gasteiger partial charge in [0.15, 0.2) is 0 Å². The van der Waals surface area contributed by atoms with Crippen LogP contribution < -0.4 is 5.32 Å². The molecule has 1 aliphatic carbocycles. The van der Waals surface area contributed by atoms with E-state index in [2.05, 4.69) is 44.5 Å². The van der Waals surface area contributed by atoms with E-state index >= 15 is 0 Å². The Labute approximate surface area is 107 Å². The van der Waals surface area contributed by atoms with Gasteiger partial charge in [0.05, 0.1) is 0 Å². The molecule has 0 aliphatic heterocycles. The topological polar surface area (TPSA) is 15.3 Å². The molecule has 1 fully saturated rings. The molecule has 0 radical (unpaired) electrons. The minimum Gasteiger partial charge on any atom is -0.316 e. The van der Waals surface area contributed by atoms with E-state index in [1.165, 1.54) is 19.4 Å². The molecule has 0 bridgehead atoms. The lowest BCUT2D eigenvalue weighted by atomic mass is 9.77. The van der Waals surface area contributed by atoms with Crippen molar-refractivity contribution in [3.8, 4) is 0 Å². The molecule has 100 valence electrons. The smallest absolute Gasteiger partial charge is 0.0166 e. The highest BCUT2D eigenvalue weighted by molar-refractivity contribution is 4.93. The lowest BCUT2D eigenvalue weighted by Gasteiger charge is -2.46. The van der Waals surface area contributed by atoms with Crippen molar-refractivity contribution < 1.29 is 0 Å². The summed E-state index contributed by atoms with van der Waals surface area (Å²) >= 11 is 0. The van der Waals surface area contributed by atoms with Crippen molar-refractivity contribution in [1.82, 2.24) is 10.2 Å². The van der Waals surface area contributed by atoms with Crippen molar-refractivity contribution in [2.75, 3.05) is 19.6 Å². The van der Waals surface area contributed by atoms with Crippen LogP contribution in [0.25, 0.3) is 0 Å². The van der Waals surface area contributed by atoms with Gasteiger partial charge in [-0.2, -0.15) is 0 Å². The van der Waals surface area contributed by atoms with Crippen molar-refractivity contribution >= 4 is 0 Å². The Hall–Kier alpha value is -0.340. The molecule has 0 spiro atoms. The molecule has 0 saturated heterocycles. The molecule has 1 rings (SSSR count). The second kappa shape index (κ2) is 7.17. The third-order valence-corrected chi connectivity index (χ3v) is 3.77. The summed E-state index contributed by atoms with van der Waals surface area (Å²) in [7, 11) is 0. The van der Waals surface area contributed by atoms with Crippen molar-refractivity contribution in [3.05, 3.63) is 12.7 Å². The summed E-state index contributed by atoms with van der Waals surface area (Å²) in [6.45, 7) is 16.4. The van der Waals surface area contributed by atoms with Gasteiger partial charge in [0, 0.05) is 18.6 Å². The molecule has 0 heterocycles. The molecule has 2 heteroatoms. The lowest BCUT2D eigenvalue weighted by Crippen LogP contribution is -2.53. The molecule has 1 saturated carbocycles. The van der Waals surface area contributed by atoms with Gasteiger partial charge in [-0.3, -0.25) is 4.90 Å². The van der Waals surface area contributed by atoms with Crippen molar-refractivity contribution in [1.29, 1.82) is 0 Å². The van der Waals surface area contributed by atoms with Gasteiger partial charge in [-0.1, -0.05) is 19.9 Å². The van der Waals surface area contributed by atoms with E-state index in [9.17, 15) is 0 Å². The standard InChI is InChI=1S/C15H30N2/c1-6-9-17(13(4)5)15-8-7-14(15)11-16-10-12(2)3/h6,12-16H,1,7-11H2,2-5H3. The van der Waals surface area contributed by atoms with Gasteiger partial charge in [0.25, 0.3) is 0 Å². The van der Waals surface area contributed by atoms with Crippen LogP contribution in [0, 0.1) is 11.8 Å². The summed E-state index contributed by atoms with van der Waals surface area (Å²) in [5, 5.41) is 3.60. The van der Waals surface area contributed by atoms with E-state index < -0.39 is 0 Å². The molecular weight excluding hydrogens is 208 g/mol. The Morgan fingerprint density at radius 3 is 2.41 bits per heavy atom. The zero-order valence-corrected chi connectivity index (χ0v) is 12.1. The van der Waals surface area contributed by atoms with Gasteiger partial charge in [-0.05, 0) is 51.6 Å². The SMILES string of the molecule is C=CCN(C(C)C)C1CCC1CNCC(C)C. The Morgan fingerprint density at radius 1 is 1.29 bits per heavy atom. The lowest BCUT2D eigenvalue weighted by molar-refractivity contribution is 0.0476. The Balaban J connectivity index is 2.35. The van der Waals surface area contributed by atoms with Gasteiger partial charge < -0.3 is 5.32 Å². The first-order chi connectivity index (χ1) is 8.06. The van der Waals surface area contributed by atoms with Crippen LogP contribution in [0.4, 0.5) is 0 Å². The third kappa shape index (κ3) is 4.44. The van der Waals surface area contributed by atoms with Crippen LogP contribution >= 0.6 is 0 Å². The van der Waals surface area contributed by atoms with Crippen LogP contribution in [0.2, 0.25) is 0 Å². The van der Waals surface area contributed by atoms with E-state index in [1.54, 1.807) is 0 Å². The van der Waals surface area contributed by atoms with Gasteiger partial charge >= 0.3 is 0 Å². The fourth-order valence-corrected chi connectivity index (χ4v) is 2.66. The summed E-state index contributed by atoms with van der Waals surface area (Å²) < 4.78 is 0. The fraction of sp³-hybridized carbons (Fsp3) is 0.867. The zero-order valence-electron chi connectivity index (χ0n) is 12.1. The molecule has 0 aromatic heterocycles. The molecule has 2 unspecified atom stereocenters. The molecule has 17 heavy (non-hydrogen) atoms. The Morgan fingerprint density at radius 2 is 2.00 bits per heavy atom. The fourth-order valence-electron chi connectivity index (χ4n) is 2.66. The van der Waals surface area contributed by atoms with Gasteiger partial charge in [0.1, 0.15) is 0 Å². The summed E-state index contributed by atoms with van der Waals surface area (Å²) in [6.07, 6.45) is 4.78.